The van der Waals surface area contributed by atoms with Crippen molar-refractivity contribution >= 4 is 16.9 Å². The molecule has 2 rings (SSSR count). The summed E-state index contributed by atoms with van der Waals surface area (Å²) in [5.41, 5.74) is 3.85. The molecule has 2 aromatic rings. The molecule has 0 aliphatic carbocycles. The third kappa shape index (κ3) is 4.24. The van der Waals surface area contributed by atoms with Gasteiger partial charge in [0.05, 0.1) is 0 Å². The Balaban J connectivity index is 1.83. The molecule has 5 nitrogen and oxygen atoms in total. The number of H-pyrrole nitrogens is 1. The molecule has 1 heterocycles. The molecule has 0 unspecified atom stereocenters. The van der Waals surface area contributed by atoms with Crippen molar-refractivity contribution in [2.75, 3.05) is 33.9 Å². The highest BCUT2D eigenvalue weighted by atomic mass is 16.5. The predicted octanol–water partition coefficient (Wildman–Crippen LogP) is 2.22. The molecule has 0 saturated heterocycles. The van der Waals surface area contributed by atoms with Crippen LogP contribution in [0.5, 0.6) is 0 Å². The average Bonchev–Trinajstić information content (AvgIpc) is 2.94. The summed E-state index contributed by atoms with van der Waals surface area (Å²) in [6, 6.07) is 6.41. The number of hydrogen-bond donors (Lipinski definition) is 3. The lowest BCUT2D eigenvalue weighted by atomic mass is 10.1. The quantitative estimate of drug-likeness (QED) is 0.417. The molecule has 22 heavy (non-hydrogen) atoms. The Kier molecular flexibility index (Phi) is 6.27. The fourth-order valence-electron chi connectivity index (χ4n) is 2.53. The van der Waals surface area contributed by atoms with Gasteiger partial charge in [0.25, 0.3) is 0 Å². The van der Waals surface area contributed by atoms with Crippen molar-refractivity contribution in [3.8, 4) is 0 Å². The summed E-state index contributed by atoms with van der Waals surface area (Å²) >= 11 is 0. The second-order valence-corrected chi connectivity index (χ2v) is 5.33. The first kappa shape index (κ1) is 16.4. The number of nitrogens with one attached hydrogen (secondary N) is 3. The Morgan fingerprint density at radius 1 is 1.27 bits per heavy atom. The highest BCUT2D eigenvalue weighted by molar-refractivity contribution is 5.86. The maximum absolute atomic E-state index is 5.03. The number of para-hydroxylation sites is 1. The first-order valence-electron chi connectivity index (χ1n) is 7.75. The summed E-state index contributed by atoms with van der Waals surface area (Å²) in [5, 5.41) is 7.94. The van der Waals surface area contributed by atoms with Crippen LogP contribution in [0.1, 0.15) is 17.5 Å². The van der Waals surface area contributed by atoms with Gasteiger partial charge in [0.1, 0.15) is 0 Å². The minimum atomic E-state index is 0.763. The van der Waals surface area contributed by atoms with Gasteiger partial charge in [0, 0.05) is 51.0 Å². The molecule has 0 aliphatic rings. The van der Waals surface area contributed by atoms with Crippen molar-refractivity contribution in [3.05, 3.63) is 35.5 Å². The minimum Gasteiger partial charge on any atom is -0.385 e. The number of hydrogen-bond acceptors (Lipinski definition) is 2. The van der Waals surface area contributed by atoms with Crippen LogP contribution in [0.4, 0.5) is 0 Å². The molecular formula is C17H26N4O. The largest absolute Gasteiger partial charge is 0.385 e. The number of guanidine groups is 1. The normalized spacial score (nSPS) is 11.9. The van der Waals surface area contributed by atoms with E-state index in [1.54, 1.807) is 14.2 Å². The van der Waals surface area contributed by atoms with Crippen LogP contribution in [0.2, 0.25) is 0 Å². The molecule has 0 aliphatic heterocycles. The third-order valence-corrected chi connectivity index (χ3v) is 3.74. The number of methoxy groups -OCH3 is 1. The van der Waals surface area contributed by atoms with Gasteiger partial charge in [-0.15, -0.1) is 0 Å². The molecule has 120 valence electrons. The van der Waals surface area contributed by atoms with Crippen LogP contribution in [-0.2, 0) is 11.2 Å². The maximum Gasteiger partial charge on any atom is 0.190 e. The predicted molar refractivity (Wildman–Crippen MR) is 92.6 cm³/mol. The van der Waals surface area contributed by atoms with Crippen molar-refractivity contribution in [2.45, 2.75) is 19.8 Å². The van der Waals surface area contributed by atoms with Crippen LogP contribution in [0, 0.1) is 6.92 Å². The van der Waals surface area contributed by atoms with Crippen molar-refractivity contribution in [3.63, 3.8) is 0 Å². The van der Waals surface area contributed by atoms with Crippen molar-refractivity contribution in [1.82, 2.24) is 15.6 Å². The Morgan fingerprint density at radius 3 is 2.86 bits per heavy atom. The number of aryl methyl sites for hydroxylation is 1. The van der Waals surface area contributed by atoms with E-state index in [0.29, 0.717) is 0 Å². The molecule has 0 atom stereocenters. The summed E-state index contributed by atoms with van der Waals surface area (Å²) in [4.78, 5) is 7.60. The summed E-state index contributed by atoms with van der Waals surface area (Å²) in [5.74, 6) is 0.840. The molecule has 1 aromatic heterocycles. The lowest BCUT2D eigenvalue weighted by Gasteiger charge is -2.11. The van der Waals surface area contributed by atoms with E-state index < -0.39 is 0 Å². The molecule has 0 bridgehead atoms. The van der Waals surface area contributed by atoms with Gasteiger partial charge in [-0.2, -0.15) is 0 Å². The van der Waals surface area contributed by atoms with Crippen molar-refractivity contribution in [2.24, 2.45) is 4.99 Å². The zero-order valence-corrected chi connectivity index (χ0v) is 13.7. The molecule has 1 aromatic carbocycles. The summed E-state index contributed by atoms with van der Waals surface area (Å²) in [6.45, 7) is 4.61. The van der Waals surface area contributed by atoms with Gasteiger partial charge in [-0.25, -0.2) is 0 Å². The van der Waals surface area contributed by atoms with Crippen LogP contribution in [0.3, 0.4) is 0 Å². The standard InChI is InChI=1S/C17H26N4O/c1-13-6-4-7-15-14(12-21-16(13)15)8-10-20-17(18-2)19-9-5-11-22-3/h4,6-7,12,21H,5,8-11H2,1-3H3,(H2,18,19,20). The first-order chi connectivity index (χ1) is 10.8. The lowest BCUT2D eigenvalue weighted by Crippen LogP contribution is -2.38. The minimum absolute atomic E-state index is 0.763. The summed E-state index contributed by atoms with van der Waals surface area (Å²) in [7, 11) is 3.51. The Hall–Kier alpha value is -2.01. The van der Waals surface area contributed by atoms with E-state index in [4.69, 9.17) is 4.74 Å². The number of ether oxygens (including phenoxy) is 1. The van der Waals surface area contributed by atoms with E-state index in [0.717, 1.165) is 38.5 Å². The van der Waals surface area contributed by atoms with Crippen LogP contribution in [0.15, 0.2) is 29.4 Å². The molecule has 0 radical (unpaired) electrons. The topological polar surface area (TPSA) is 61.4 Å². The van der Waals surface area contributed by atoms with E-state index in [9.17, 15) is 0 Å². The molecule has 5 heteroatoms. The highest BCUT2D eigenvalue weighted by Crippen LogP contribution is 2.21. The highest BCUT2D eigenvalue weighted by Gasteiger charge is 2.05. The number of fused-ring (bicyclic) bond motifs is 1. The molecule has 0 spiro atoms. The van der Waals surface area contributed by atoms with E-state index in [1.807, 2.05) is 0 Å². The van der Waals surface area contributed by atoms with Crippen LogP contribution in [0.25, 0.3) is 10.9 Å². The summed E-state index contributed by atoms with van der Waals surface area (Å²) in [6.07, 6.45) is 4.04. The van der Waals surface area contributed by atoms with E-state index in [-0.39, 0.29) is 0 Å². The van der Waals surface area contributed by atoms with Crippen LogP contribution >= 0.6 is 0 Å². The van der Waals surface area contributed by atoms with Gasteiger partial charge in [0.15, 0.2) is 5.96 Å². The van der Waals surface area contributed by atoms with Gasteiger partial charge >= 0.3 is 0 Å². The van der Waals surface area contributed by atoms with E-state index >= 15 is 0 Å². The molecule has 0 saturated carbocycles. The van der Waals surface area contributed by atoms with E-state index in [1.165, 1.54) is 22.0 Å². The molecular weight excluding hydrogens is 276 g/mol. The number of benzene rings is 1. The zero-order valence-electron chi connectivity index (χ0n) is 13.7. The lowest BCUT2D eigenvalue weighted by molar-refractivity contribution is 0.195. The monoisotopic (exact) mass is 302 g/mol. The fraction of sp³-hybridized carbons (Fsp3) is 0.471. The number of aliphatic imine (C=N–C) groups is 1. The van der Waals surface area contributed by atoms with Crippen LogP contribution < -0.4 is 10.6 Å². The van der Waals surface area contributed by atoms with E-state index in [2.05, 4.69) is 51.9 Å². The SMILES string of the molecule is CN=C(NCCCOC)NCCc1c[nH]c2c(C)cccc12. The van der Waals surface area contributed by atoms with Gasteiger partial charge in [-0.05, 0) is 30.9 Å². The van der Waals surface area contributed by atoms with Gasteiger partial charge in [0.2, 0.25) is 0 Å². The molecule has 0 amide bonds. The smallest absolute Gasteiger partial charge is 0.190 e. The fourth-order valence-corrected chi connectivity index (χ4v) is 2.53. The third-order valence-electron chi connectivity index (χ3n) is 3.74. The number of rotatable bonds is 7. The Morgan fingerprint density at radius 2 is 2.09 bits per heavy atom. The molecule has 3 N–H and O–H groups in total. The Bertz CT molecular complexity index is 618. The number of nitrogens with zero attached hydrogens (tertiary/aromatic N) is 1. The van der Waals surface area contributed by atoms with Gasteiger partial charge in [-0.1, -0.05) is 18.2 Å². The second kappa shape index (κ2) is 8.44. The maximum atomic E-state index is 5.03. The summed E-state index contributed by atoms with van der Waals surface area (Å²) < 4.78 is 5.03. The van der Waals surface area contributed by atoms with Gasteiger partial charge < -0.3 is 20.4 Å². The molecule has 0 fully saturated rings. The van der Waals surface area contributed by atoms with Crippen LogP contribution in [-0.4, -0.2) is 44.8 Å². The Labute approximate surface area is 132 Å². The average molecular weight is 302 g/mol. The zero-order chi connectivity index (χ0) is 15.8. The number of aromatic nitrogens is 1. The van der Waals surface area contributed by atoms with Gasteiger partial charge in [-0.3, -0.25) is 4.99 Å². The second-order valence-electron chi connectivity index (χ2n) is 5.33. The van der Waals surface area contributed by atoms with Crippen molar-refractivity contribution < 1.29 is 4.74 Å². The first-order valence-corrected chi connectivity index (χ1v) is 7.75. The van der Waals surface area contributed by atoms with Crippen molar-refractivity contribution in [1.29, 1.82) is 0 Å². The number of aromatic amines is 1.